The van der Waals surface area contributed by atoms with E-state index in [-0.39, 0.29) is 6.04 Å². The molecule has 0 aliphatic carbocycles. The number of nitrogens with zero attached hydrogens (tertiary/aromatic N) is 1. The van der Waals surface area contributed by atoms with E-state index in [4.69, 9.17) is 19.9 Å². The Labute approximate surface area is 128 Å². The van der Waals surface area contributed by atoms with Gasteiger partial charge in [-0.15, -0.1) is 0 Å². The molecule has 0 bridgehead atoms. The zero-order valence-electron chi connectivity index (χ0n) is 13.8. The maximum Gasteiger partial charge on any atom is 0.203 e. The molecule has 0 radical (unpaired) electrons. The molecule has 5 nitrogen and oxygen atoms in total. The van der Waals surface area contributed by atoms with E-state index in [1.165, 1.54) is 0 Å². The van der Waals surface area contributed by atoms with E-state index in [0.29, 0.717) is 23.8 Å². The highest BCUT2D eigenvalue weighted by Gasteiger charge is 2.20. The van der Waals surface area contributed by atoms with Gasteiger partial charge in [0.05, 0.1) is 21.3 Å². The molecule has 0 saturated heterocycles. The maximum absolute atomic E-state index is 5.98. The van der Waals surface area contributed by atoms with Crippen LogP contribution < -0.4 is 19.9 Å². The van der Waals surface area contributed by atoms with Gasteiger partial charge >= 0.3 is 0 Å². The van der Waals surface area contributed by atoms with Crippen molar-refractivity contribution >= 4 is 0 Å². The van der Waals surface area contributed by atoms with Crippen LogP contribution >= 0.6 is 0 Å². The fourth-order valence-corrected chi connectivity index (χ4v) is 2.43. The minimum Gasteiger partial charge on any atom is -0.493 e. The van der Waals surface area contributed by atoms with Crippen LogP contribution in [0.1, 0.15) is 31.4 Å². The summed E-state index contributed by atoms with van der Waals surface area (Å²) in [4.78, 5) is 2.27. The lowest BCUT2D eigenvalue weighted by molar-refractivity contribution is 0.244. The van der Waals surface area contributed by atoms with Crippen molar-refractivity contribution < 1.29 is 14.2 Å². The van der Waals surface area contributed by atoms with Crippen molar-refractivity contribution in [3.63, 3.8) is 0 Å². The van der Waals surface area contributed by atoms with Gasteiger partial charge in [0.2, 0.25) is 5.75 Å². The van der Waals surface area contributed by atoms with Crippen LogP contribution in [0, 0.1) is 0 Å². The van der Waals surface area contributed by atoms with E-state index in [1.807, 2.05) is 12.1 Å². The van der Waals surface area contributed by atoms with Crippen molar-refractivity contribution in [2.24, 2.45) is 5.73 Å². The number of ether oxygens (including phenoxy) is 3. The Hall–Kier alpha value is -1.46. The Morgan fingerprint density at radius 2 is 1.67 bits per heavy atom. The highest BCUT2D eigenvalue weighted by atomic mass is 16.5. The van der Waals surface area contributed by atoms with E-state index in [1.54, 1.807) is 21.3 Å². The zero-order chi connectivity index (χ0) is 15.8. The SMILES string of the molecule is CCCCN(C)C(CN)c1cc(OC)c(OC)c(OC)c1. The molecule has 0 aliphatic heterocycles. The molecular formula is C16H28N2O3. The predicted molar refractivity (Wildman–Crippen MR) is 85.4 cm³/mol. The summed E-state index contributed by atoms with van der Waals surface area (Å²) < 4.78 is 16.2. The number of hydrogen-bond acceptors (Lipinski definition) is 5. The standard InChI is InChI=1S/C16H28N2O3/c1-6-7-8-18(2)13(11-17)12-9-14(19-3)16(21-5)15(10-12)20-4/h9-10,13H,6-8,11,17H2,1-5H3. The molecule has 0 aliphatic rings. The Kier molecular flexibility index (Phi) is 7.32. The molecule has 21 heavy (non-hydrogen) atoms. The van der Waals surface area contributed by atoms with Crippen molar-refractivity contribution in [2.45, 2.75) is 25.8 Å². The van der Waals surface area contributed by atoms with Gasteiger partial charge in [-0.05, 0) is 37.7 Å². The van der Waals surface area contributed by atoms with Crippen LogP contribution in [0.2, 0.25) is 0 Å². The third-order valence-electron chi connectivity index (χ3n) is 3.69. The van der Waals surface area contributed by atoms with Crippen LogP contribution in [-0.4, -0.2) is 46.4 Å². The molecule has 0 spiro atoms. The third-order valence-corrected chi connectivity index (χ3v) is 3.69. The summed E-state index contributed by atoms with van der Waals surface area (Å²) in [6.07, 6.45) is 2.31. The first-order valence-electron chi connectivity index (χ1n) is 7.33. The van der Waals surface area contributed by atoms with E-state index in [0.717, 1.165) is 24.9 Å². The molecule has 0 saturated carbocycles. The first kappa shape index (κ1) is 17.6. The molecule has 2 N–H and O–H groups in total. The molecule has 1 aromatic rings. The molecule has 120 valence electrons. The Bertz CT molecular complexity index is 413. The monoisotopic (exact) mass is 296 g/mol. The predicted octanol–water partition coefficient (Wildman–Crippen LogP) is 2.44. The fraction of sp³-hybridized carbons (Fsp3) is 0.625. The number of hydrogen-bond donors (Lipinski definition) is 1. The quantitative estimate of drug-likeness (QED) is 0.758. The van der Waals surface area contributed by atoms with Crippen LogP contribution in [0.3, 0.4) is 0 Å². The van der Waals surface area contributed by atoms with Crippen molar-refractivity contribution in [2.75, 3.05) is 41.5 Å². The summed E-state index contributed by atoms with van der Waals surface area (Å²) in [7, 11) is 6.95. The minimum absolute atomic E-state index is 0.130. The normalized spacial score (nSPS) is 12.3. The van der Waals surface area contributed by atoms with E-state index in [2.05, 4.69) is 18.9 Å². The van der Waals surface area contributed by atoms with Crippen molar-refractivity contribution in [3.8, 4) is 17.2 Å². The Balaban J connectivity index is 3.14. The average Bonchev–Trinajstić information content (AvgIpc) is 2.52. The summed E-state index contributed by atoms with van der Waals surface area (Å²) in [5.74, 6) is 1.93. The maximum atomic E-state index is 5.98. The summed E-state index contributed by atoms with van der Waals surface area (Å²) >= 11 is 0. The molecule has 1 unspecified atom stereocenters. The highest BCUT2D eigenvalue weighted by molar-refractivity contribution is 5.54. The Morgan fingerprint density at radius 3 is 2.05 bits per heavy atom. The highest BCUT2D eigenvalue weighted by Crippen LogP contribution is 2.40. The molecule has 1 aromatic carbocycles. The van der Waals surface area contributed by atoms with Gasteiger partial charge in [-0.2, -0.15) is 0 Å². The molecule has 0 fully saturated rings. The lowest BCUT2D eigenvalue weighted by Gasteiger charge is -2.28. The third kappa shape index (κ3) is 4.25. The van der Waals surface area contributed by atoms with Gasteiger partial charge in [-0.1, -0.05) is 13.3 Å². The van der Waals surface area contributed by atoms with Crippen molar-refractivity contribution in [1.29, 1.82) is 0 Å². The summed E-state index contributed by atoms with van der Waals surface area (Å²) in [5, 5.41) is 0. The number of benzene rings is 1. The molecule has 0 aromatic heterocycles. The first-order valence-corrected chi connectivity index (χ1v) is 7.33. The van der Waals surface area contributed by atoms with Gasteiger partial charge in [0.15, 0.2) is 11.5 Å². The van der Waals surface area contributed by atoms with Crippen LogP contribution in [0.4, 0.5) is 0 Å². The lowest BCUT2D eigenvalue weighted by Crippen LogP contribution is -2.31. The number of rotatable bonds is 9. The number of likely N-dealkylation sites (N-methyl/N-ethyl adjacent to an activating group) is 1. The van der Waals surface area contributed by atoms with E-state index in [9.17, 15) is 0 Å². The lowest BCUT2D eigenvalue weighted by atomic mass is 10.0. The summed E-state index contributed by atoms with van der Waals surface area (Å²) in [6.45, 7) is 3.73. The van der Waals surface area contributed by atoms with Crippen LogP contribution in [-0.2, 0) is 0 Å². The first-order chi connectivity index (χ1) is 10.1. The second kappa shape index (κ2) is 8.74. The fourth-order valence-electron chi connectivity index (χ4n) is 2.43. The van der Waals surface area contributed by atoms with Crippen LogP contribution in [0.5, 0.6) is 17.2 Å². The smallest absolute Gasteiger partial charge is 0.203 e. The van der Waals surface area contributed by atoms with Gasteiger partial charge in [-0.25, -0.2) is 0 Å². The summed E-state index contributed by atoms with van der Waals surface area (Å²) in [6, 6.07) is 4.08. The molecular weight excluding hydrogens is 268 g/mol. The topological polar surface area (TPSA) is 57.0 Å². The van der Waals surface area contributed by atoms with Gasteiger partial charge in [0.25, 0.3) is 0 Å². The molecule has 5 heteroatoms. The van der Waals surface area contributed by atoms with Crippen LogP contribution in [0.15, 0.2) is 12.1 Å². The van der Waals surface area contributed by atoms with E-state index >= 15 is 0 Å². The second-order valence-electron chi connectivity index (χ2n) is 5.04. The van der Waals surface area contributed by atoms with E-state index < -0.39 is 0 Å². The number of unbranched alkanes of at least 4 members (excludes halogenated alkanes) is 1. The largest absolute Gasteiger partial charge is 0.493 e. The Morgan fingerprint density at radius 1 is 1.10 bits per heavy atom. The number of methoxy groups -OCH3 is 3. The zero-order valence-corrected chi connectivity index (χ0v) is 13.8. The van der Waals surface area contributed by atoms with Gasteiger partial charge in [-0.3, -0.25) is 4.90 Å². The van der Waals surface area contributed by atoms with Crippen molar-refractivity contribution in [1.82, 2.24) is 4.90 Å². The molecule has 0 amide bonds. The minimum atomic E-state index is 0.130. The molecule has 1 atom stereocenters. The van der Waals surface area contributed by atoms with Gasteiger partial charge in [0, 0.05) is 12.6 Å². The van der Waals surface area contributed by atoms with Crippen molar-refractivity contribution in [3.05, 3.63) is 17.7 Å². The molecule has 0 heterocycles. The van der Waals surface area contributed by atoms with Gasteiger partial charge < -0.3 is 19.9 Å². The second-order valence-corrected chi connectivity index (χ2v) is 5.04. The average molecular weight is 296 g/mol. The molecule has 1 rings (SSSR count). The summed E-state index contributed by atoms with van der Waals surface area (Å²) in [5.41, 5.74) is 7.05. The number of nitrogens with two attached hydrogens (primary N) is 1. The van der Waals surface area contributed by atoms with Gasteiger partial charge in [0.1, 0.15) is 0 Å². The van der Waals surface area contributed by atoms with Crippen LogP contribution in [0.25, 0.3) is 0 Å².